The Morgan fingerprint density at radius 2 is 2.50 bits per heavy atom. The first kappa shape index (κ1) is 12.1. The molecule has 0 saturated carbocycles. The second-order valence-electron chi connectivity index (χ2n) is 4.03. The topological polar surface area (TPSA) is 32.3 Å². The lowest BCUT2D eigenvalue weighted by atomic mass is 10.1. The molecule has 1 aromatic heterocycles. The molecular formula is C11H15BrN2OS. The number of nitrogens with one attached hydrogen (secondary N) is 1. The number of carbonyl (C=O) groups is 1. The summed E-state index contributed by atoms with van der Waals surface area (Å²) in [6.07, 6.45) is 2.91. The molecule has 0 radical (unpaired) electrons. The molecule has 1 aromatic rings. The number of hydrogen-bond donors (Lipinski definition) is 1. The van der Waals surface area contributed by atoms with E-state index < -0.39 is 0 Å². The lowest BCUT2D eigenvalue weighted by Gasteiger charge is -2.17. The summed E-state index contributed by atoms with van der Waals surface area (Å²) in [5, 5.41) is 4.34. The number of thiophene rings is 1. The van der Waals surface area contributed by atoms with Gasteiger partial charge in [0.15, 0.2) is 0 Å². The van der Waals surface area contributed by atoms with Gasteiger partial charge in [-0.25, -0.2) is 0 Å². The number of anilines is 1. The number of rotatable bonds is 3. The monoisotopic (exact) mass is 302 g/mol. The van der Waals surface area contributed by atoms with Crippen LogP contribution in [0, 0.1) is 0 Å². The van der Waals surface area contributed by atoms with Crippen molar-refractivity contribution in [3.05, 3.63) is 15.9 Å². The Hall–Kier alpha value is -0.390. The highest BCUT2D eigenvalue weighted by Gasteiger charge is 2.21. The van der Waals surface area contributed by atoms with E-state index in [9.17, 15) is 4.79 Å². The normalized spacial score (nSPS) is 20.0. The van der Waals surface area contributed by atoms with Crippen molar-refractivity contribution in [1.82, 2.24) is 5.32 Å². The zero-order chi connectivity index (χ0) is 11.5. The van der Waals surface area contributed by atoms with Gasteiger partial charge in [-0.1, -0.05) is 0 Å². The van der Waals surface area contributed by atoms with Crippen LogP contribution in [-0.4, -0.2) is 25.5 Å². The Kier molecular flexibility index (Phi) is 4.00. The highest BCUT2D eigenvalue weighted by atomic mass is 79.9. The molecule has 1 N–H and O–H groups in total. The Bertz CT molecular complexity index is 374. The summed E-state index contributed by atoms with van der Waals surface area (Å²) in [4.78, 5) is 13.7. The maximum Gasteiger partial charge on any atom is 0.228 e. The molecule has 2 rings (SSSR count). The first-order chi connectivity index (χ1) is 7.66. The average Bonchev–Trinajstić information content (AvgIpc) is 2.88. The van der Waals surface area contributed by atoms with Crippen LogP contribution in [0.5, 0.6) is 0 Å². The third kappa shape index (κ3) is 2.84. The predicted molar refractivity (Wildman–Crippen MR) is 71.1 cm³/mol. The van der Waals surface area contributed by atoms with Gasteiger partial charge in [0.1, 0.15) is 0 Å². The SMILES string of the molecule is CN(C(=O)CC1CCCN1)c1ccc(Br)s1. The molecular weight excluding hydrogens is 288 g/mol. The van der Waals surface area contributed by atoms with Crippen molar-refractivity contribution in [2.45, 2.75) is 25.3 Å². The summed E-state index contributed by atoms with van der Waals surface area (Å²) in [6, 6.07) is 4.31. The van der Waals surface area contributed by atoms with Crippen molar-refractivity contribution < 1.29 is 4.79 Å². The average molecular weight is 303 g/mol. The summed E-state index contributed by atoms with van der Waals surface area (Å²) in [5.74, 6) is 0.189. The van der Waals surface area contributed by atoms with Crippen LogP contribution in [0.25, 0.3) is 0 Å². The van der Waals surface area contributed by atoms with Gasteiger partial charge in [0.2, 0.25) is 5.91 Å². The summed E-state index contributed by atoms with van der Waals surface area (Å²) < 4.78 is 1.06. The number of carbonyl (C=O) groups excluding carboxylic acids is 1. The smallest absolute Gasteiger partial charge is 0.228 e. The molecule has 88 valence electrons. The van der Waals surface area contributed by atoms with E-state index >= 15 is 0 Å². The Morgan fingerprint density at radius 1 is 1.69 bits per heavy atom. The Balaban J connectivity index is 1.93. The fraction of sp³-hybridized carbons (Fsp3) is 0.545. The van der Waals surface area contributed by atoms with Gasteiger partial charge in [-0.15, -0.1) is 11.3 Å². The van der Waals surface area contributed by atoms with Crippen molar-refractivity contribution in [3.63, 3.8) is 0 Å². The molecule has 0 spiro atoms. The van der Waals surface area contributed by atoms with E-state index in [2.05, 4.69) is 21.2 Å². The van der Waals surface area contributed by atoms with E-state index in [0.29, 0.717) is 12.5 Å². The highest BCUT2D eigenvalue weighted by molar-refractivity contribution is 9.11. The molecule has 1 aliphatic heterocycles. The molecule has 0 aliphatic carbocycles. The van der Waals surface area contributed by atoms with E-state index in [1.807, 2.05) is 19.2 Å². The fourth-order valence-electron chi connectivity index (χ4n) is 1.89. The van der Waals surface area contributed by atoms with Crippen LogP contribution in [0.4, 0.5) is 5.00 Å². The van der Waals surface area contributed by atoms with Gasteiger partial charge < -0.3 is 10.2 Å². The molecule has 16 heavy (non-hydrogen) atoms. The molecule has 1 amide bonds. The van der Waals surface area contributed by atoms with Crippen molar-refractivity contribution in [2.24, 2.45) is 0 Å². The first-order valence-electron chi connectivity index (χ1n) is 5.42. The zero-order valence-corrected chi connectivity index (χ0v) is 11.6. The van der Waals surface area contributed by atoms with Gasteiger partial charge in [0.25, 0.3) is 0 Å². The number of hydrogen-bond acceptors (Lipinski definition) is 3. The Morgan fingerprint density at radius 3 is 3.06 bits per heavy atom. The molecule has 1 aliphatic rings. The number of amides is 1. The number of halogens is 1. The quantitative estimate of drug-likeness (QED) is 0.931. The van der Waals surface area contributed by atoms with Crippen molar-refractivity contribution in [2.75, 3.05) is 18.5 Å². The van der Waals surface area contributed by atoms with Crippen LogP contribution in [0.2, 0.25) is 0 Å². The van der Waals surface area contributed by atoms with Crippen LogP contribution >= 0.6 is 27.3 Å². The lowest BCUT2D eigenvalue weighted by Crippen LogP contribution is -2.32. The summed E-state index contributed by atoms with van der Waals surface area (Å²) in [7, 11) is 1.84. The molecule has 1 fully saturated rings. The third-order valence-corrected chi connectivity index (χ3v) is 4.55. The van der Waals surface area contributed by atoms with Crippen molar-refractivity contribution in [3.8, 4) is 0 Å². The molecule has 1 atom stereocenters. The minimum Gasteiger partial charge on any atom is -0.313 e. The second kappa shape index (κ2) is 5.29. The zero-order valence-electron chi connectivity index (χ0n) is 9.20. The molecule has 1 unspecified atom stereocenters. The predicted octanol–water partition coefficient (Wildman–Crippen LogP) is 2.62. The number of nitrogens with zero attached hydrogens (tertiary/aromatic N) is 1. The highest BCUT2D eigenvalue weighted by Crippen LogP contribution is 2.29. The summed E-state index contributed by atoms with van der Waals surface area (Å²) in [5.41, 5.74) is 0. The third-order valence-electron chi connectivity index (χ3n) is 2.85. The van der Waals surface area contributed by atoms with Gasteiger partial charge in [-0.3, -0.25) is 4.79 Å². The fourth-order valence-corrected chi connectivity index (χ4v) is 3.23. The van der Waals surface area contributed by atoms with Gasteiger partial charge in [-0.05, 0) is 47.4 Å². The van der Waals surface area contributed by atoms with Crippen molar-refractivity contribution >= 4 is 38.2 Å². The van der Waals surface area contributed by atoms with E-state index in [1.165, 1.54) is 6.42 Å². The lowest BCUT2D eigenvalue weighted by molar-refractivity contribution is -0.118. The largest absolute Gasteiger partial charge is 0.313 e. The van der Waals surface area contributed by atoms with E-state index in [4.69, 9.17) is 0 Å². The van der Waals surface area contributed by atoms with Gasteiger partial charge in [0.05, 0.1) is 8.79 Å². The van der Waals surface area contributed by atoms with Crippen LogP contribution in [0.15, 0.2) is 15.9 Å². The maximum absolute atomic E-state index is 12.0. The molecule has 2 heterocycles. The summed E-state index contributed by atoms with van der Waals surface area (Å²) >= 11 is 4.99. The van der Waals surface area contributed by atoms with E-state index in [-0.39, 0.29) is 5.91 Å². The Labute approximate surface area is 108 Å². The molecule has 5 heteroatoms. The molecule has 0 bridgehead atoms. The van der Waals surface area contributed by atoms with Crippen LogP contribution in [0.3, 0.4) is 0 Å². The molecule has 0 aromatic carbocycles. The minimum atomic E-state index is 0.189. The standard InChI is InChI=1S/C11H15BrN2OS/c1-14(11-5-4-9(12)16-11)10(15)7-8-3-2-6-13-8/h4-5,8,13H,2-3,6-7H2,1H3. The minimum absolute atomic E-state index is 0.189. The van der Waals surface area contributed by atoms with Gasteiger partial charge >= 0.3 is 0 Å². The molecule has 1 saturated heterocycles. The summed E-state index contributed by atoms with van der Waals surface area (Å²) in [6.45, 7) is 1.05. The first-order valence-corrected chi connectivity index (χ1v) is 7.03. The van der Waals surface area contributed by atoms with Crippen LogP contribution in [0.1, 0.15) is 19.3 Å². The van der Waals surface area contributed by atoms with E-state index in [0.717, 1.165) is 21.8 Å². The van der Waals surface area contributed by atoms with Crippen molar-refractivity contribution in [1.29, 1.82) is 0 Å². The van der Waals surface area contributed by atoms with Crippen LogP contribution < -0.4 is 10.2 Å². The molecule has 3 nitrogen and oxygen atoms in total. The maximum atomic E-state index is 12.0. The van der Waals surface area contributed by atoms with E-state index in [1.54, 1.807) is 16.2 Å². The van der Waals surface area contributed by atoms with Crippen LogP contribution in [-0.2, 0) is 4.79 Å². The van der Waals surface area contributed by atoms with Gasteiger partial charge in [-0.2, -0.15) is 0 Å². The second-order valence-corrected chi connectivity index (χ2v) is 6.47. The van der Waals surface area contributed by atoms with Gasteiger partial charge in [0, 0.05) is 19.5 Å².